The molecule has 1 atom stereocenters. The van der Waals surface area contributed by atoms with Crippen LogP contribution < -0.4 is 10.9 Å². The van der Waals surface area contributed by atoms with Gasteiger partial charge in [-0.3, -0.25) is 9.59 Å². The number of carbonyl (C=O) groups excluding carboxylic acids is 1. The van der Waals surface area contributed by atoms with E-state index in [-0.39, 0.29) is 23.2 Å². The van der Waals surface area contributed by atoms with Crippen molar-refractivity contribution in [2.24, 2.45) is 0 Å². The molecule has 0 radical (unpaired) electrons. The number of aromatic nitrogens is 2. The Morgan fingerprint density at radius 1 is 1.17 bits per heavy atom. The lowest BCUT2D eigenvalue weighted by molar-refractivity contribution is 0.0935. The fraction of sp³-hybridized carbons (Fsp3) is 0.118. The smallest absolute Gasteiger partial charge is 0.272 e. The van der Waals surface area contributed by atoms with Gasteiger partial charge in [0.15, 0.2) is 5.69 Å². The Balaban J connectivity index is 1.92. The molecule has 0 aliphatic heterocycles. The van der Waals surface area contributed by atoms with Crippen LogP contribution in [0.15, 0.2) is 53.3 Å². The van der Waals surface area contributed by atoms with Gasteiger partial charge in [0.25, 0.3) is 11.5 Å². The third-order valence-electron chi connectivity index (χ3n) is 3.61. The summed E-state index contributed by atoms with van der Waals surface area (Å²) in [6, 6.07) is 13.9. The van der Waals surface area contributed by atoms with Gasteiger partial charge in [-0.25, -0.2) is 5.10 Å². The van der Waals surface area contributed by atoms with Crippen molar-refractivity contribution < 1.29 is 4.79 Å². The van der Waals surface area contributed by atoms with Crippen molar-refractivity contribution in [1.29, 1.82) is 0 Å². The molecule has 0 aliphatic rings. The molecule has 2 N–H and O–H groups in total. The van der Waals surface area contributed by atoms with Crippen LogP contribution in [0.3, 0.4) is 0 Å². The molecular formula is C17H14ClN3O2. The first-order valence-electron chi connectivity index (χ1n) is 7.10. The highest BCUT2D eigenvalue weighted by molar-refractivity contribution is 6.30. The molecule has 0 aliphatic carbocycles. The van der Waals surface area contributed by atoms with Crippen LogP contribution in [0.4, 0.5) is 0 Å². The van der Waals surface area contributed by atoms with Gasteiger partial charge in [-0.15, -0.1) is 0 Å². The van der Waals surface area contributed by atoms with Crippen LogP contribution in [0.1, 0.15) is 29.0 Å². The number of hydrogen-bond donors (Lipinski definition) is 2. The lowest BCUT2D eigenvalue weighted by Crippen LogP contribution is -2.29. The summed E-state index contributed by atoms with van der Waals surface area (Å²) in [5.74, 6) is -0.357. The second-order valence-corrected chi connectivity index (χ2v) is 5.63. The van der Waals surface area contributed by atoms with Gasteiger partial charge in [-0.05, 0) is 30.7 Å². The third-order valence-corrected chi connectivity index (χ3v) is 3.84. The standard InChI is InChI=1S/C17H14ClN3O2/c1-10(11-5-4-6-12(18)9-11)19-17(23)15-13-7-2-3-8-14(13)16(22)21-20-15/h2-10H,1H3,(H,19,23)(H,21,22)/t10-/m0/s1. The number of carbonyl (C=O) groups is 1. The highest BCUT2D eigenvalue weighted by Gasteiger charge is 2.16. The molecule has 0 unspecified atom stereocenters. The maximum absolute atomic E-state index is 12.5. The van der Waals surface area contributed by atoms with E-state index in [0.717, 1.165) is 5.56 Å². The molecule has 1 amide bonds. The number of hydrogen-bond acceptors (Lipinski definition) is 3. The minimum absolute atomic E-state index is 0.189. The number of nitrogens with one attached hydrogen (secondary N) is 2. The molecule has 3 rings (SSSR count). The summed E-state index contributed by atoms with van der Waals surface area (Å²) < 4.78 is 0. The van der Waals surface area contributed by atoms with E-state index in [2.05, 4.69) is 15.5 Å². The summed E-state index contributed by atoms with van der Waals surface area (Å²) >= 11 is 5.97. The van der Waals surface area contributed by atoms with Crippen LogP contribution in [0.2, 0.25) is 5.02 Å². The third kappa shape index (κ3) is 3.10. The Morgan fingerprint density at radius 2 is 1.91 bits per heavy atom. The lowest BCUT2D eigenvalue weighted by Gasteiger charge is -2.14. The quantitative estimate of drug-likeness (QED) is 0.776. The molecule has 5 nitrogen and oxygen atoms in total. The molecule has 0 saturated carbocycles. The van der Waals surface area contributed by atoms with Gasteiger partial charge < -0.3 is 5.32 Å². The van der Waals surface area contributed by atoms with E-state index < -0.39 is 0 Å². The Kier molecular flexibility index (Phi) is 4.12. The molecule has 0 bridgehead atoms. The number of halogens is 1. The largest absolute Gasteiger partial charge is 0.344 e. The minimum atomic E-state index is -0.357. The summed E-state index contributed by atoms with van der Waals surface area (Å²) in [5.41, 5.74) is 0.758. The summed E-state index contributed by atoms with van der Waals surface area (Å²) in [6.45, 7) is 1.86. The fourth-order valence-corrected chi connectivity index (χ4v) is 2.61. The van der Waals surface area contributed by atoms with E-state index in [1.54, 1.807) is 36.4 Å². The van der Waals surface area contributed by atoms with E-state index in [0.29, 0.717) is 15.8 Å². The molecule has 0 saturated heterocycles. The normalized spacial score (nSPS) is 12.1. The molecule has 1 heterocycles. The van der Waals surface area contributed by atoms with E-state index in [1.807, 2.05) is 19.1 Å². The van der Waals surface area contributed by atoms with Crippen molar-refractivity contribution in [1.82, 2.24) is 15.5 Å². The second-order valence-electron chi connectivity index (χ2n) is 5.20. The van der Waals surface area contributed by atoms with Gasteiger partial charge in [0.05, 0.1) is 11.4 Å². The Morgan fingerprint density at radius 3 is 2.65 bits per heavy atom. The first kappa shape index (κ1) is 15.2. The number of amides is 1. The van der Waals surface area contributed by atoms with Gasteiger partial charge in [-0.1, -0.05) is 41.9 Å². The fourth-order valence-electron chi connectivity index (χ4n) is 2.41. The Bertz CT molecular complexity index is 936. The summed E-state index contributed by atoms with van der Waals surface area (Å²) in [5, 5.41) is 10.7. The van der Waals surface area contributed by atoms with Crippen LogP contribution >= 0.6 is 11.6 Å². The molecule has 116 valence electrons. The van der Waals surface area contributed by atoms with Crippen LogP contribution in [0.25, 0.3) is 10.8 Å². The second kappa shape index (κ2) is 6.22. The van der Waals surface area contributed by atoms with Crippen LogP contribution in [0.5, 0.6) is 0 Å². The molecule has 2 aromatic carbocycles. The lowest BCUT2D eigenvalue weighted by atomic mass is 10.1. The van der Waals surface area contributed by atoms with E-state index in [1.165, 1.54) is 0 Å². The van der Waals surface area contributed by atoms with Crippen LogP contribution in [-0.4, -0.2) is 16.1 Å². The summed E-state index contributed by atoms with van der Waals surface area (Å²) in [7, 11) is 0. The highest BCUT2D eigenvalue weighted by atomic mass is 35.5. The average molecular weight is 328 g/mol. The molecule has 6 heteroatoms. The molecular weight excluding hydrogens is 314 g/mol. The zero-order valence-electron chi connectivity index (χ0n) is 12.3. The van der Waals surface area contributed by atoms with Gasteiger partial charge in [0.2, 0.25) is 0 Å². The first-order valence-corrected chi connectivity index (χ1v) is 7.48. The van der Waals surface area contributed by atoms with Crippen LogP contribution in [0, 0.1) is 0 Å². The minimum Gasteiger partial charge on any atom is -0.344 e. The van der Waals surface area contributed by atoms with Gasteiger partial charge >= 0.3 is 0 Å². The van der Waals surface area contributed by atoms with Crippen LogP contribution in [-0.2, 0) is 0 Å². The zero-order valence-corrected chi connectivity index (χ0v) is 13.1. The number of fused-ring (bicyclic) bond motifs is 1. The van der Waals surface area contributed by atoms with E-state index in [4.69, 9.17) is 11.6 Å². The number of benzene rings is 2. The molecule has 0 spiro atoms. The van der Waals surface area contributed by atoms with E-state index in [9.17, 15) is 9.59 Å². The maximum atomic E-state index is 12.5. The molecule has 23 heavy (non-hydrogen) atoms. The van der Waals surface area contributed by atoms with Crippen molar-refractivity contribution in [2.75, 3.05) is 0 Å². The Labute approximate surface area is 137 Å². The number of rotatable bonds is 3. The van der Waals surface area contributed by atoms with Crippen molar-refractivity contribution >= 4 is 28.3 Å². The topological polar surface area (TPSA) is 74.8 Å². The molecule has 1 aromatic heterocycles. The number of aromatic amines is 1. The predicted octanol–water partition coefficient (Wildman–Crippen LogP) is 3.07. The maximum Gasteiger partial charge on any atom is 0.272 e. The van der Waals surface area contributed by atoms with Crippen molar-refractivity contribution in [3.63, 3.8) is 0 Å². The summed E-state index contributed by atoms with van der Waals surface area (Å²) in [6.07, 6.45) is 0. The summed E-state index contributed by atoms with van der Waals surface area (Å²) in [4.78, 5) is 24.3. The monoisotopic (exact) mass is 327 g/mol. The number of nitrogens with zero attached hydrogens (tertiary/aromatic N) is 1. The number of H-pyrrole nitrogens is 1. The van der Waals surface area contributed by atoms with Crippen molar-refractivity contribution in [3.05, 3.63) is 75.2 Å². The molecule has 3 aromatic rings. The highest BCUT2D eigenvalue weighted by Crippen LogP contribution is 2.18. The van der Waals surface area contributed by atoms with Gasteiger partial charge in [0.1, 0.15) is 0 Å². The Hall–Kier alpha value is -2.66. The SMILES string of the molecule is C[C@H](NC(=O)c1n[nH]c(=O)c2ccccc12)c1cccc(Cl)c1. The first-order chi connectivity index (χ1) is 11.1. The zero-order chi connectivity index (χ0) is 16.4. The van der Waals surface area contributed by atoms with Crippen molar-refractivity contribution in [2.45, 2.75) is 13.0 Å². The van der Waals surface area contributed by atoms with Gasteiger partial charge in [0, 0.05) is 10.4 Å². The predicted molar refractivity (Wildman–Crippen MR) is 89.7 cm³/mol. The van der Waals surface area contributed by atoms with E-state index >= 15 is 0 Å². The van der Waals surface area contributed by atoms with Crippen molar-refractivity contribution in [3.8, 4) is 0 Å². The van der Waals surface area contributed by atoms with Gasteiger partial charge in [-0.2, -0.15) is 5.10 Å². The average Bonchev–Trinajstić information content (AvgIpc) is 2.55. The molecule has 0 fully saturated rings.